The number of nitrogens with one attached hydrogen (secondary N) is 1. The maximum absolute atomic E-state index is 11.6. The highest BCUT2D eigenvalue weighted by atomic mass is 32.1. The van der Waals surface area contributed by atoms with Gasteiger partial charge in [-0.05, 0) is 6.92 Å². The Morgan fingerprint density at radius 2 is 2.38 bits per heavy atom. The average molecular weight is 253 g/mol. The summed E-state index contributed by atoms with van der Waals surface area (Å²) in [5.41, 5.74) is 3.31. The quantitative estimate of drug-likeness (QED) is 0.905. The zero-order valence-electron chi connectivity index (χ0n) is 8.77. The van der Waals surface area contributed by atoms with Crippen LogP contribution in [0.2, 0.25) is 0 Å². The minimum atomic E-state index is -0.112. The molecule has 16 heavy (non-hydrogen) atoms. The normalized spacial score (nSPS) is 10.3. The maximum Gasteiger partial charge on any atom is 0.270 e. The van der Waals surface area contributed by atoms with Gasteiger partial charge >= 0.3 is 0 Å². The molecular weight excluding hydrogens is 242 g/mol. The Kier molecular flexibility index (Phi) is 3.63. The van der Waals surface area contributed by atoms with Gasteiger partial charge in [-0.15, -0.1) is 22.7 Å². The highest BCUT2D eigenvalue weighted by molar-refractivity contribution is 7.09. The van der Waals surface area contributed by atoms with E-state index in [1.165, 1.54) is 11.3 Å². The second kappa shape index (κ2) is 5.18. The number of aryl methyl sites for hydroxylation is 1. The van der Waals surface area contributed by atoms with E-state index in [-0.39, 0.29) is 5.91 Å². The molecule has 0 spiro atoms. The summed E-state index contributed by atoms with van der Waals surface area (Å²) in [6, 6.07) is 0. The summed E-state index contributed by atoms with van der Waals surface area (Å²) in [4.78, 5) is 19.9. The smallest absolute Gasteiger partial charge is 0.270 e. The number of carbonyl (C=O) groups excluding carboxylic acids is 1. The zero-order valence-corrected chi connectivity index (χ0v) is 10.4. The zero-order chi connectivity index (χ0) is 11.4. The molecule has 2 rings (SSSR count). The molecule has 4 nitrogen and oxygen atoms in total. The van der Waals surface area contributed by atoms with Crippen LogP contribution in [0.3, 0.4) is 0 Å². The van der Waals surface area contributed by atoms with Gasteiger partial charge in [0.25, 0.3) is 5.91 Å². The minimum Gasteiger partial charge on any atom is -0.350 e. The molecule has 2 aromatic heterocycles. The van der Waals surface area contributed by atoms with Gasteiger partial charge in [0.1, 0.15) is 5.69 Å². The first-order chi connectivity index (χ1) is 7.75. The van der Waals surface area contributed by atoms with Crippen molar-refractivity contribution in [1.29, 1.82) is 0 Å². The van der Waals surface area contributed by atoms with Crippen LogP contribution in [0, 0.1) is 6.92 Å². The predicted octanol–water partition coefficient (Wildman–Crippen LogP) is 1.88. The van der Waals surface area contributed by atoms with Gasteiger partial charge in [-0.3, -0.25) is 4.79 Å². The molecule has 0 saturated heterocycles. The second-order valence-corrected chi connectivity index (χ2v) is 5.02. The van der Waals surface area contributed by atoms with Crippen LogP contribution >= 0.6 is 22.7 Å². The van der Waals surface area contributed by atoms with Gasteiger partial charge in [0.05, 0.1) is 16.2 Å². The highest BCUT2D eigenvalue weighted by Gasteiger charge is 2.08. The minimum absolute atomic E-state index is 0.112. The van der Waals surface area contributed by atoms with Crippen molar-refractivity contribution in [2.24, 2.45) is 0 Å². The number of rotatable bonds is 4. The van der Waals surface area contributed by atoms with E-state index >= 15 is 0 Å². The van der Waals surface area contributed by atoms with E-state index in [9.17, 15) is 4.79 Å². The van der Waals surface area contributed by atoms with E-state index in [1.54, 1.807) is 22.2 Å². The van der Waals surface area contributed by atoms with E-state index in [0.717, 1.165) is 17.1 Å². The first-order valence-electron chi connectivity index (χ1n) is 4.83. The topological polar surface area (TPSA) is 54.9 Å². The monoisotopic (exact) mass is 253 g/mol. The van der Waals surface area contributed by atoms with E-state index in [4.69, 9.17) is 0 Å². The summed E-state index contributed by atoms with van der Waals surface area (Å²) in [6.07, 6.45) is 0.762. The summed E-state index contributed by atoms with van der Waals surface area (Å²) in [7, 11) is 0. The lowest BCUT2D eigenvalue weighted by Gasteiger charge is -2.00. The Bertz CT molecular complexity index is 464. The summed E-state index contributed by atoms with van der Waals surface area (Å²) in [6.45, 7) is 2.48. The molecular formula is C10H11N3OS2. The van der Waals surface area contributed by atoms with Crippen molar-refractivity contribution in [1.82, 2.24) is 15.3 Å². The third-order valence-corrected chi connectivity index (χ3v) is 3.41. The molecule has 0 atom stereocenters. The first kappa shape index (κ1) is 11.2. The number of aromatic nitrogens is 2. The molecule has 2 aromatic rings. The van der Waals surface area contributed by atoms with Crippen molar-refractivity contribution < 1.29 is 4.79 Å². The fraction of sp³-hybridized carbons (Fsp3) is 0.300. The van der Waals surface area contributed by atoms with E-state index in [2.05, 4.69) is 15.3 Å². The van der Waals surface area contributed by atoms with Gasteiger partial charge in [-0.1, -0.05) is 0 Å². The Labute approximate surface area is 101 Å². The predicted molar refractivity (Wildman–Crippen MR) is 65.0 cm³/mol. The molecule has 0 aliphatic carbocycles. The van der Waals surface area contributed by atoms with E-state index in [0.29, 0.717) is 12.2 Å². The fourth-order valence-electron chi connectivity index (χ4n) is 1.22. The number of amides is 1. The Morgan fingerprint density at radius 3 is 3.00 bits per heavy atom. The molecule has 2 heterocycles. The van der Waals surface area contributed by atoms with Crippen LogP contribution in [-0.4, -0.2) is 22.4 Å². The number of nitrogens with zero attached hydrogens (tertiary/aromatic N) is 2. The standard InChI is InChI=1S/C10H11N3OS2/c1-7-13-9(5-16-7)10(14)11-3-2-8-4-15-6-12-8/h4-6H,2-3H2,1H3,(H,11,14). The van der Waals surface area contributed by atoms with Crippen LogP contribution in [-0.2, 0) is 6.42 Å². The second-order valence-electron chi connectivity index (χ2n) is 3.24. The Hall–Kier alpha value is -1.27. The van der Waals surface area contributed by atoms with E-state index < -0.39 is 0 Å². The van der Waals surface area contributed by atoms with Crippen molar-refractivity contribution in [3.05, 3.63) is 32.7 Å². The molecule has 0 fully saturated rings. The molecule has 0 bridgehead atoms. The average Bonchev–Trinajstić information content (AvgIpc) is 2.89. The van der Waals surface area contributed by atoms with E-state index in [1.807, 2.05) is 12.3 Å². The molecule has 0 radical (unpaired) electrons. The van der Waals surface area contributed by atoms with Crippen LogP contribution in [0.25, 0.3) is 0 Å². The summed E-state index contributed by atoms with van der Waals surface area (Å²) >= 11 is 3.04. The molecule has 1 N–H and O–H groups in total. The molecule has 0 aromatic carbocycles. The lowest BCUT2D eigenvalue weighted by atomic mass is 10.3. The van der Waals surface area contributed by atoms with Gasteiger partial charge < -0.3 is 5.32 Å². The molecule has 1 amide bonds. The highest BCUT2D eigenvalue weighted by Crippen LogP contribution is 2.07. The SMILES string of the molecule is Cc1nc(C(=O)NCCc2cscn2)cs1. The van der Waals surface area contributed by atoms with Gasteiger partial charge in [-0.2, -0.15) is 0 Å². The lowest BCUT2D eigenvalue weighted by Crippen LogP contribution is -2.26. The maximum atomic E-state index is 11.6. The van der Waals surface area contributed by atoms with Crippen LogP contribution in [0.4, 0.5) is 0 Å². The number of hydrogen-bond acceptors (Lipinski definition) is 5. The van der Waals surface area contributed by atoms with Crippen molar-refractivity contribution >= 4 is 28.6 Å². The third-order valence-electron chi connectivity index (χ3n) is 2.00. The Morgan fingerprint density at radius 1 is 1.50 bits per heavy atom. The summed E-state index contributed by atoms with van der Waals surface area (Å²) in [5.74, 6) is -0.112. The Balaban J connectivity index is 1.80. The lowest BCUT2D eigenvalue weighted by molar-refractivity contribution is 0.0949. The van der Waals surface area contributed by atoms with Crippen molar-refractivity contribution in [2.75, 3.05) is 6.54 Å². The van der Waals surface area contributed by atoms with Gasteiger partial charge in [0.15, 0.2) is 0 Å². The summed E-state index contributed by atoms with van der Waals surface area (Å²) in [5, 5.41) is 7.48. The summed E-state index contributed by atoms with van der Waals surface area (Å²) < 4.78 is 0. The van der Waals surface area contributed by atoms with Crippen LogP contribution < -0.4 is 5.32 Å². The number of carbonyl (C=O) groups is 1. The third kappa shape index (κ3) is 2.86. The van der Waals surface area contributed by atoms with Crippen LogP contribution in [0.1, 0.15) is 21.2 Å². The van der Waals surface area contributed by atoms with Crippen molar-refractivity contribution in [3.8, 4) is 0 Å². The first-order valence-corrected chi connectivity index (χ1v) is 6.65. The molecule has 0 unspecified atom stereocenters. The molecule has 84 valence electrons. The molecule has 0 aliphatic rings. The molecule has 0 saturated carbocycles. The van der Waals surface area contributed by atoms with Crippen LogP contribution in [0.5, 0.6) is 0 Å². The molecule has 6 heteroatoms. The van der Waals surface area contributed by atoms with Crippen molar-refractivity contribution in [2.45, 2.75) is 13.3 Å². The van der Waals surface area contributed by atoms with Gasteiger partial charge in [-0.25, -0.2) is 9.97 Å². The van der Waals surface area contributed by atoms with Crippen LogP contribution in [0.15, 0.2) is 16.3 Å². The fourth-order valence-corrected chi connectivity index (χ4v) is 2.41. The largest absolute Gasteiger partial charge is 0.350 e. The molecule has 0 aliphatic heterocycles. The number of thiazole rings is 2. The van der Waals surface area contributed by atoms with Gasteiger partial charge in [0.2, 0.25) is 0 Å². The van der Waals surface area contributed by atoms with Gasteiger partial charge in [0, 0.05) is 23.7 Å². The van der Waals surface area contributed by atoms with Crippen molar-refractivity contribution in [3.63, 3.8) is 0 Å². The number of hydrogen-bond donors (Lipinski definition) is 1.